The molecule has 0 unspecified atom stereocenters. The zero-order chi connectivity index (χ0) is 16.1. The summed E-state index contributed by atoms with van der Waals surface area (Å²) < 4.78 is 40.9. The number of phenolic OH excluding ortho intramolecular Hbond substituents is 1. The number of phenols is 1. The first kappa shape index (κ1) is 15.7. The van der Waals surface area contributed by atoms with E-state index >= 15 is 0 Å². The Morgan fingerprint density at radius 3 is 2.09 bits per heavy atom. The first-order chi connectivity index (χ1) is 10.5. The van der Waals surface area contributed by atoms with Gasteiger partial charge in [-0.05, 0) is 47.9 Å². The molecule has 0 aliphatic rings. The van der Waals surface area contributed by atoms with Crippen LogP contribution in [0, 0.1) is 0 Å². The summed E-state index contributed by atoms with van der Waals surface area (Å²) in [5.74, 6) is 0.179. The Labute approximate surface area is 125 Å². The highest BCUT2D eigenvalue weighted by Crippen LogP contribution is 2.23. The highest BCUT2D eigenvalue weighted by molar-refractivity contribution is 5.80. The van der Waals surface area contributed by atoms with Gasteiger partial charge in [-0.3, -0.25) is 0 Å². The fourth-order valence-electron chi connectivity index (χ4n) is 1.83. The van der Waals surface area contributed by atoms with E-state index in [-0.39, 0.29) is 11.5 Å². The van der Waals surface area contributed by atoms with E-state index < -0.39 is 12.1 Å². The van der Waals surface area contributed by atoms with E-state index in [0.29, 0.717) is 0 Å². The summed E-state index contributed by atoms with van der Waals surface area (Å²) in [6.45, 7) is 1.90. The Morgan fingerprint density at radius 1 is 0.955 bits per heavy atom. The van der Waals surface area contributed by atoms with Crippen molar-refractivity contribution in [2.24, 2.45) is 0 Å². The van der Waals surface area contributed by atoms with Crippen molar-refractivity contribution in [3.05, 3.63) is 71.8 Å². The van der Waals surface area contributed by atoms with Gasteiger partial charge in [0.1, 0.15) is 11.5 Å². The number of hydrogen-bond acceptors (Lipinski definition) is 2. The summed E-state index contributed by atoms with van der Waals surface area (Å²) in [6, 6.07) is 10.9. The highest BCUT2D eigenvalue weighted by Gasteiger charge is 2.07. The number of halogens is 3. The van der Waals surface area contributed by atoms with Crippen LogP contribution in [0.4, 0.5) is 13.2 Å². The van der Waals surface area contributed by atoms with Crippen LogP contribution in [0.15, 0.2) is 60.6 Å². The molecule has 0 aliphatic heterocycles. The zero-order valence-electron chi connectivity index (χ0n) is 11.7. The predicted molar refractivity (Wildman–Crippen MR) is 79.1 cm³/mol. The topological polar surface area (TPSA) is 29.5 Å². The Morgan fingerprint density at radius 2 is 1.55 bits per heavy atom. The van der Waals surface area contributed by atoms with Gasteiger partial charge in [-0.15, -0.1) is 0 Å². The standard InChI is InChI=1S/C17H13F3O2/c1-11(13-4-6-14(21)7-5-13)10-12-2-8-15(9-3-12)22-17(20)16(18)19/h2-10,21H,1H3/b11-10+. The normalized spacial score (nSPS) is 11.2. The lowest BCUT2D eigenvalue weighted by Gasteiger charge is -2.04. The molecule has 0 aliphatic carbocycles. The fourth-order valence-corrected chi connectivity index (χ4v) is 1.83. The molecule has 0 fully saturated rings. The molecule has 0 saturated heterocycles. The molecule has 0 heterocycles. The van der Waals surface area contributed by atoms with Crippen molar-refractivity contribution >= 4 is 11.6 Å². The molecule has 0 bridgehead atoms. The molecule has 0 radical (unpaired) electrons. The van der Waals surface area contributed by atoms with Crippen LogP contribution in [0.1, 0.15) is 18.1 Å². The predicted octanol–water partition coefficient (Wildman–Crippen LogP) is 5.37. The molecule has 1 N–H and O–H groups in total. The van der Waals surface area contributed by atoms with Gasteiger partial charge >= 0.3 is 12.1 Å². The Balaban J connectivity index is 2.15. The van der Waals surface area contributed by atoms with Crippen LogP contribution in [-0.4, -0.2) is 5.11 Å². The lowest BCUT2D eigenvalue weighted by Crippen LogP contribution is -1.90. The number of allylic oxidation sites excluding steroid dienone is 1. The molecule has 2 aromatic carbocycles. The van der Waals surface area contributed by atoms with Gasteiger partial charge in [0.05, 0.1) is 0 Å². The van der Waals surface area contributed by atoms with E-state index in [1.165, 1.54) is 12.1 Å². The van der Waals surface area contributed by atoms with Gasteiger partial charge in [-0.1, -0.05) is 30.3 Å². The molecule has 0 atom stereocenters. The molecule has 0 spiro atoms. The van der Waals surface area contributed by atoms with Crippen molar-refractivity contribution in [3.8, 4) is 11.5 Å². The van der Waals surface area contributed by atoms with Crippen LogP contribution in [0.5, 0.6) is 11.5 Å². The van der Waals surface area contributed by atoms with Crippen molar-refractivity contribution in [2.75, 3.05) is 0 Å². The molecule has 2 nitrogen and oxygen atoms in total. The van der Waals surface area contributed by atoms with Gasteiger partial charge in [-0.25, -0.2) is 0 Å². The molecular formula is C17H13F3O2. The number of hydrogen-bond donors (Lipinski definition) is 1. The monoisotopic (exact) mass is 306 g/mol. The van der Waals surface area contributed by atoms with E-state index in [1.54, 1.807) is 36.4 Å². The van der Waals surface area contributed by atoms with Crippen LogP contribution in [0.3, 0.4) is 0 Å². The molecule has 0 aromatic heterocycles. The fraction of sp³-hybridized carbons (Fsp3) is 0.0588. The van der Waals surface area contributed by atoms with Gasteiger partial charge in [0.15, 0.2) is 0 Å². The van der Waals surface area contributed by atoms with Crippen molar-refractivity contribution < 1.29 is 23.0 Å². The number of rotatable bonds is 4. The van der Waals surface area contributed by atoms with E-state index in [0.717, 1.165) is 16.7 Å². The second-order valence-electron chi connectivity index (χ2n) is 4.58. The first-order valence-electron chi connectivity index (χ1n) is 6.42. The molecule has 5 heteroatoms. The summed E-state index contributed by atoms with van der Waals surface area (Å²) in [5.41, 5.74) is 2.70. The Hall–Kier alpha value is -2.69. The first-order valence-corrected chi connectivity index (χ1v) is 6.42. The molecule has 22 heavy (non-hydrogen) atoms. The third-order valence-electron chi connectivity index (χ3n) is 2.94. The van der Waals surface area contributed by atoms with E-state index in [4.69, 9.17) is 0 Å². The van der Waals surface area contributed by atoms with Gasteiger partial charge < -0.3 is 9.84 Å². The highest BCUT2D eigenvalue weighted by atomic mass is 19.3. The molecule has 0 saturated carbocycles. The van der Waals surface area contributed by atoms with Crippen LogP contribution < -0.4 is 4.74 Å². The molecule has 0 amide bonds. The van der Waals surface area contributed by atoms with Crippen molar-refractivity contribution in [2.45, 2.75) is 6.92 Å². The third kappa shape index (κ3) is 4.15. The summed E-state index contributed by atoms with van der Waals surface area (Å²) >= 11 is 0. The molecule has 2 rings (SSSR count). The maximum atomic E-state index is 12.7. The number of aromatic hydroxyl groups is 1. The van der Waals surface area contributed by atoms with E-state index in [9.17, 15) is 18.3 Å². The maximum Gasteiger partial charge on any atom is 0.344 e. The summed E-state index contributed by atoms with van der Waals surface area (Å²) in [5, 5.41) is 9.25. The second kappa shape index (κ2) is 6.85. The number of benzene rings is 2. The average molecular weight is 306 g/mol. The SMILES string of the molecule is C/C(=C\c1ccc(OC(F)=C(F)F)cc1)c1ccc(O)cc1. The van der Waals surface area contributed by atoms with Crippen LogP contribution >= 0.6 is 0 Å². The average Bonchev–Trinajstić information content (AvgIpc) is 2.49. The van der Waals surface area contributed by atoms with Gasteiger partial charge in [0.2, 0.25) is 0 Å². The van der Waals surface area contributed by atoms with Gasteiger partial charge in [0.25, 0.3) is 0 Å². The number of ether oxygens (including phenoxy) is 1. The second-order valence-corrected chi connectivity index (χ2v) is 4.58. The van der Waals surface area contributed by atoms with Crippen molar-refractivity contribution in [1.82, 2.24) is 0 Å². The third-order valence-corrected chi connectivity index (χ3v) is 2.94. The van der Waals surface area contributed by atoms with E-state index in [2.05, 4.69) is 4.74 Å². The summed E-state index contributed by atoms with van der Waals surface area (Å²) in [7, 11) is 0. The smallest absolute Gasteiger partial charge is 0.344 e. The minimum atomic E-state index is -2.49. The quantitative estimate of drug-likeness (QED) is 0.608. The largest absolute Gasteiger partial charge is 0.508 e. The summed E-state index contributed by atoms with van der Waals surface area (Å²) in [4.78, 5) is 0. The van der Waals surface area contributed by atoms with Crippen molar-refractivity contribution in [1.29, 1.82) is 0 Å². The lowest BCUT2D eigenvalue weighted by atomic mass is 10.0. The zero-order valence-corrected chi connectivity index (χ0v) is 11.7. The van der Waals surface area contributed by atoms with Crippen molar-refractivity contribution in [3.63, 3.8) is 0 Å². The van der Waals surface area contributed by atoms with Crippen LogP contribution in [-0.2, 0) is 0 Å². The Kier molecular flexibility index (Phi) is 4.88. The van der Waals surface area contributed by atoms with Gasteiger partial charge in [0, 0.05) is 0 Å². The Bertz CT molecular complexity index is 698. The molecule has 114 valence electrons. The summed E-state index contributed by atoms with van der Waals surface area (Å²) in [6.07, 6.45) is -0.620. The molecule has 2 aromatic rings. The minimum absolute atomic E-state index is 0.00950. The van der Waals surface area contributed by atoms with Crippen LogP contribution in [0.2, 0.25) is 0 Å². The minimum Gasteiger partial charge on any atom is -0.508 e. The lowest BCUT2D eigenvalue weighted by molar-refractivity contribution is 0.241. The van der Waals surface area contributed by atoms with Crippen LogP contribution in [0.25, 0.3) is 11.6 Å². The van der Waals surface area contributed by atoms with E-state index in [1.807, 2.05) is 13.0 Å². The maximum absolute atomic E-state index is 12.7. The molecular weight excluding hydrogens is 293 g/mol. The van der Waals surface area contributed by atoms with Gasteiger partial charge in [-0.2, -0.15) is 13.2 Å².